The maximum Gasteiger partial charge on any atom is 0.121 e. The third-order valence-corrected chi connectivity index (χ3v) is 18.3. The van der Waals surface area contributed by atoms with Crippen molar-refractivity contribution < 1.29 is 24.5 Å². The van der Waals surface area contributed by atoms with Crippen LogP contribution in [0.25, 0.3) is 83.6 Å². The Morgan fingerprint density at radius 2 is 1.31 bits per heavy atom. The standard InChI is InChI=1S/C54H53N2O.C14H16NSi.Ir/c1-34(2)43-30-39(37-23-25-45-46(32-37)54(26-13-8-14-27-54)29-28-53(45,5)6)31-44(35(3)4)50(43)56-48-21-12-11-20-47(48)55-52(56)42-19-15-18-41-40-24-22-38(33-49(40)57-51(41)42)36-16-9-7-10-17-36;1-16(2,3)13-9-10-14(15-11-13)12-7-5-4-6-8-12;/h7,9-12,15-18,20-25,30-35H,8,13-14,26-29H2,1-6H3;4-7,9-11H,1-3H3;/q2*-1;. The summed E-state index contributed by atoms with van der Waals surface area (Å²) in [5.41, 5.74) is 19.3. The van der Waals surface area contributed by atoms with Crippen LogP contribution in [0.1, 0.15) is 121 Å². The van der Waals surface area contributed by atoms with Crippen molar-refractivity contribution in [2.75, 3.05) is 0 Å². The minimum Gasteiger partial charge on any atom is -0.501 e. The molecular formula is C68H69IrN3OSi-2. The van der Waals surface area contributed by atoms with E-state index in [9.17, 15) is 0 Å². The van der Waals surface area contributed by atoms with Gasteiger partial charge in [-0.3, -0.25) is 4.98 Å². The van der Waals surface area contributed by atoms with E-state index in [2.05, 4.69) is 204 Å². The number of benzene rings is 7. The molecule has 3 aromatic heterocycles. The van der Waals surface area contributed by atoms with Crippen LogP contribution in [0.15, 0.2) is 162 Å². The Balaban J connectivity index is 0.000000315. The van der Waals surface area contributed by atoms with Gasteiger partial charge in [-0.2, -0.15) is 0 Å². The number of rotatable bonds is 8. The van der Waals surface area contributed by atoms with Crippen LogP contribution in [0.3, 0.4) is 0 Å². The van der Waals surface area contributed by atoms with Crippen LogP contribution in [0, 0.1) is 12.1 Å². The van der Waals surface area contributed by atoms with Crippen LogP contribution in [0.4, 0.5) is 0 Å². The van der Waals surface area contributed by atoms with Crippen LogP contribution in [0.2, 0.25) is 19.6 Å². The molecule has 12 rings (SSSR count). The fraction of sp³-hybridized carbons (Fsp3) is 0.294. The Morgan fingerprint density at radius 3 is 2.00 bits per heavy atom. The zero-order valence-corrected chi connectivity index (χ0v) is 48.1. The molecule has 1 saturated carbocycles. The van der Waals surface area contributed by atoms with E-state index in [4.69, 9.17) is 9.40 Å². The molecule has 10 aromatic rings. The minimum absolute atomic E-state index is 0. The number of fused-ring (bicyclic) bond motifs is 6. The molecular weight excluding hydrogens is 1100 g/mol. The molecule has 4 nitrogen and oxygen atoms in total. The number of para-hydroxylation sites is 2. The molecule has 0 saturated heterocycles. The van der Waals surface area contributed by atoms with Gasteiger partial charge in [-0.15, -0.1) is 54.1 Å². The van der Waals surface area contributed by atoms with E-state index >= 15 is 0 Å². The van der Waals surface area contributed by atoms with Crippen molar-refractivity contribution in [3.05, 3.63) is 192 Å². The number of nitrogens with zero attached hydrogens (tertiary/aromatic N) is 3. The molecule has 3 heterocycles. The third kappa shape index (κ3) is 9.59. The molecule has 0 aliphatic heterocycles. The second-order valence-electron chi connectivity index (χ2n) is 23.3. The summed E-state index contributed by atoms with van der Waals surface area (Å²) in [6, 6.07) is 61.4. The van der Waals surface area contributed by atoms with Crippen molar-refractivity contribution in [2.45, 2.75) is 129 Å². The van der Waals surface area contributed by atoms with Gasteiger partial charge in [-0.25, -0.2) is 0 Å². The summed E-state index contributed by atoms with van der Waals surface area (Å²) >= 11 is 0. The molecule has 74 heavy (non-hydrogen) atoms. The fourth-order valence-corrected chi connectivity index (χ4v) is 13.0. The topological polar surface area (TPSA) is 43.9 Å². The predicted molar refractivity (Wildman–Crippen MR) is 310 cm³/mol. The number of hydrogen-bond acceptors (Lipinski definition) is 3. The first kappa shape index (κ1) is 51.3. The Morgan fingerprint density at radius 1 is 0.608 bits per heavy atom. The van der Waals surface area contributed by atoms with Gasteiger partial charge >= 0.3 is 0 Å². The normalized spacial score (nSPS) is 15.1. The maximum atomic E-state index is 6.84. The summed E-state index contributed by atoms with van der Waals surface area (Å²) < 4.78 is 9.26. The number of furan rings is 1. The van der Waals surface area contributed by atoms with Gasteiger partial charge in [0.1, 0.15) is 5.58 Å². The minimum atomic E-state index is -1.23. The largest absolute Gasteiger partial charge is 0.501 e. The van der Waals surface area contributed by atoms with E-state index in [1.807, 2.05) is 36.5 Å². The van der Waals surface area contributed by atoms with E-state index in [0.29, 0.717) is 5.41 Å². The summed E-state index contributed by atoms with van der Waals surface area (Å²) in [5, 5.41) is 3.57. The second kappa shape index (κ2) is 20.5. The number of hydrogen-bond donors (Lipinski definition) is 0. The Hall–Kier alpha value is -6.17. The van der Waals surface area contributed by atoms with E-state index in [1.165, 1.54) is 83.6 Å². The summed E-state index contributed by atoms with van der Waals surface area (Å²) in [4.78, 5) is 9.93. The summed E-state index contributed by atoms with van der Waals surface area (Å²) in [7, 11) is -1.23. The monoisotopic (exact) mass is 1160 g/mol. The first-order valence-electron chi connectivity index (χ1n) is 26.9. The van der Waals surface area contributed by atoms with Crippen LogP contribution in [-0.2, 0) is 30.9 Å². The fourth-order valence-electron chi connectivity index (χ4n) is 12.0. The van der Waals surface area contributed by atoms with Gasteiger partial charge in [-0.05, 0) is 134 Å². The van der Waals surface area contributed by atoms with Gasteiger partial charge in [0, 0.05) is 37.4 Å². The number of pyridine rings is 1. The van der Waals surface area contributed by atoms with Crippen molar-refractivity contribution in [2.24, 2.45) is 0 Å². The van der Waals surface area contributed by atoms with E-state index in [1.54, 1.807) is 11.1 Å². The van der Waals surface area contributed by atoms with Gasteiger partial charge in [0.05, 0.1) is 30.5 Å². The van der Waals surface area contributed by atoms with Crippen LogP contribution in [0.5, 0.6) is 0 Å². The van der Waals surface area contributed by atoms with Crippen molar-refractivity contribution in [1.82, 2.24) is 14.5 Å². The molecule has 2 aliphatic carbocycles. The maximum absolute atomic E-state index is 6.84. The van der Waals surface area contributed by atoms with Gasteiger partial charge in [0.15, 0.2) is 0 Å². The van der Waals surface area contributed by atoms with E-state index < -0.39 is 8.07 Å². The Kier molecular flexibility index (Phi) is 14.2. The smallest absolute Gasteiger partial charge is 0.121 e. The summed E-state index contributed by atoms with van der Waals surface area (Å²) in [6.45, 7) is 21.3. The predicted octanol–water partition coefficient (Wildman–Crippen LogP) is 18.3. The SMILES string of the molecule is CC(C)c1cc(-c2ccc3c(c2)C2(CCCCC2)CCC3(C)C)cc(C(C)C)c1-n1c(-c2[c-]ccc3c2oc2cc(-c4ccccc4)ccc23)nc2ccccc21.C[Si](C)(C)c1ccc(-c2[c-]cccc2)nc1.[Ir]. The van der Waals surface area contributed by atoms with Gasteiger partial charge in [-0.1, -0.05) is 176 Å². The third-order valence-electron chi connectivity index (χ3n) is 16.3. The average molecular weight is 1160 g/mol. The van der Waals surface area contributed by atoms with Gasteiger partial charge in [0.2, 0.25) is 0 Å². The molecule has 0 atom stereocenters. The van der Waals surface area contributed by atoms with Crippen molar-refractivity contribution in [3.8, 4) is 50.6 Å². The zero-order chi connectivity index (χ0) is 50.6. The first-order chi connectivity index (χ1) is 35.2. The molecule has 1 spiro atoms. The van der Waals surface area contributed by atoms with Gasteiger partial charge in [0.25, 0.3) is 0 Å². The Labute approximate surface area is 454 Å². The Bertz CT molecular complexity index is 3580. The van der Waals surface area contributed by atoms with Crippen molar-refractivity contribution in [1.29, 1.82) is 0 Å². The zero-order valence-electron chi connectivity index (χ0n) is 44.7. The quantitative estimate of drug-likeness (QED) is 0.112. The van der Waals surface area contributed by atoms with Crippen molar-refractivity contribution >= 4 is 46.2 Å². The van der Waals surface area contributed by atoms with Gasteiger partial charge < -0.3 is 14.0 Å². The summed E-state index contributed by atoms with van der Waals surface area (Å²) in [5.74, 6) is 1.40. The van der Waals surface area contributed by atoms with Crippen LogP contribution < -0.4 is 5.19 Å². The van der Waals surface area contributed by atoms with E-state index in [0.717, 1.165) is 61.2 Å². The average Bonchev–Trinajstić information content (AvgIpc) is 4.00. The molecule has 0 amide bonds. The number of imidazole rings is 1. The van der Waals surface area contributed by atoms with Crippen molar-refractivity contribution in [3.63, 3.8) is 0 Å². The first-order valence-corrected chi connectivity index (χ1v) is 30.4. The molecule has 2 aliphatic rings. The van der Waals surface area contributed by atoms with Crippen LogP contribution >= 0.6 is 0 Å². The van der Waals surface area contributed by atoms with Crippen LogP contribution in [-0.4, -0.2) is 22.6 Å². The molecule has 1 fully saturated rings. The second-order valence-corrected chi connectivity index (χ2v) is 28.4. The summed E-state index contributed by atoms with van der Waals surface area (Å²) in [6.07, 6.45) is 11.3. The number of aromatic nitrogens is 3. The molecule has 0 N–H and O–H groups in total. The van der Waals surface area contributed by atoms with E-state index in [-0.39, 0.29) is 37.4 Å². The molecule has 377 valence electrons. The molecule has 6 heteroatoms. The molecule has 0 unspecified atom stereocenters. The molecule has 0 bridgehead atoms. The molecule has 1 radical (unpaired) electrons. The molecule has 7 aromatic carbocycles.